The Morgan fingerprint density at radius 3 is 2.42 bits per heavy atom. The summed E-state index contributed by atoms with van der Waals surface area (Å²) in [6.45, 7) is 12.5. The highest BCUT2D eigenvalue weighted by Gasteiger charge is 2.26. The molecule has 2 aromatic carbocycles. The molecule has 4 rings (SSSR count). The molecule has 0 radical (unpaired) electrons. The van der Waals surface area contributed by atoms with Crippen LogP contribution in [-0.2, 0) is 24.4 Å². The molecule has 0 spiro atoms. The van der Waals surface area contributed by atoms with Gasteiger partial charge in [-0.3, -0.25) is 4.90 Å². The van der Waals surface area contributed by atoms with Gasteiger partial charge in [-0.15, -0.1) is 0 Å². The third-order valence-corrected chi connectivity index (χ3v) is 6.41. The van der Waals surface area contributed by atoms with Crippen molar-refractivity contribution in [3.05, 3.63) is 53.9 Å². The summed E-state index contributed by atoms with van der Waals surface area (Å²) in [6, 6.07) is 13.9. The minimum Gasteiger partial charge on any atom is -0.465 e. The number of benzene rings is 2. The number of carbonyl (C=O) groups is 1. The number of aromatic nitrogens is 3. The second kappa shape index (κ2) is 10.2. The van der Waals surface area contributed by atoms with Gasteiger partial charge in [0.2, 0.25) is 0 Å². The van der Waals surface area contributed by atoms with E-state index < -0.39 is 17.2 Å². The van der Waals surface area contributed by atoms with Crippen molar-refractivity contribution < 1.29 is 19.7 Å². The fourth-order valence-electron chi connectivity index (χ4n) is 4.62. The normalized spacial score (nSPS) is 12.4. The Kier molecular flexibility index (Phi) is 7.36. The summed E-state index contributed by atoms with van der Waals surface area (Å²) >= 11 is 0. The third kappa shape index (κ3) is 5.74. The molecule has 1 amide bonds. The standard InChI is InChI=1S/C29H37N5O4/c1-7-38-16-23-32-24-25(33(23)17-29(5,6)37)21-12-11-20(14-22(21)31-26(24)30)19-10-8-9-18(13-19)15-34(27(35)36)28(2,3)4/h8-14,37H,7,15-17H2,1-6H3,(H2,30,31)(H,35,36). The van der Waals surface area contributed by atoms with Crippen LogP contribution < -0.4 is 5.73 Å². The van der Waals surface area contributed by atoms with Gasteiger partial charge in [0.05, 0.1) is 23.2 Å². The molecule has 4 aromatic rings. The maximum Gasteiger partial charge on any atom is 0.408 e. The lowest BCUT2D eigenvalue weighted by atomic mass is 9.99. The molecule has 9 nitrogen and oxygen atoms in total. The molecular weight excluding hydrogens is 482 g/mol. The minimum atomic E-state index is -0.976. The van der Waals surface area contributed by atoms with E-state index in [4.69, 9.17) is 15.5 Å². The zero-order valence-electron chi connectivity index (χ0n) is 22.9. The number of nitrogens with two attached hydrogens (primary N) is 1. The van der Waals surface area contributed by atoms with Crippen molar-refractivity contribution >= 4 is 33.8 Å². The molecule has 0 aliphatic rings. The molecule has 0 unspecified atom stereocenters. The Bertz CT molecular complexity index is 1480. The molecule has 0 atom stereocenters. The molecule has 9 heteroatoms. The number of amides is 1. The van der Waals surface area contributed by atoms with Crippen molar-refractivity contribution in [3.63, 3.8) is 0 Å². The molecular formula is C29H37N5O4. The maximum absolute atomic E-state index is 11.8. The molecule has 0 aliphatic carbocycles. The van der Waals surface area contributed by atoms with Gasteiger partial charge in [0, 0.05) is 24.1 Å². The number of fused-ring (bicyclic) bond motifs is 3. The number of pyridine rings is 1. The number of anilines is 1. The highest BCUT2D eigenvalue weighted by Crippen LogP contribution is 2.33. The van der Waals surface area contributed by atoms with E-state index in [9.17, 15) is 15.0 Å². The van der Waals surface area contributed by atoms with Crippen molar-refractivity contribution in [2.75, 3.05) is 12.3 Å². The first-order valence-corrected chi connectivity index (χ1v) is 12.8. The van der Waals surface area contributed by atoms with Gasteiger partial charge in [-0.1, -0.05) is 30.3 Å². The number of aliphatic hydroxyl groups is 1. The monoisotopic (exact) mass is 519 g/mol. The summed E-state index contributed by atoms with van der Waals surface area (Å²) in [5.74, 6) is 0.997. The van der Waals surface area contributed by atoms with Crippen molar-refractivity contribution in [1.82, 2.24) is 19.4 Å². The lowest BCUT2D eigenvalue weighted by molar-refractivity contribution is 0.0582. The van der Waals surface area contributed by atoms with Gasteiger partial charge in [-0.05, 0) is 70.4 Å². The van der Waals surface area contributed by atoms with E-state index in [-0.39, 0.29) is 6.54 Å². The molecule has 2 heterocycles. The van der Waals surface area contributed by atoms with Crippen LogP contribution in [0, 0.1) is 0 Å². The number of ether oxygens (including phenoxy) is 1. The Hall–Kier alpha value is -3.69. The summed E-state index contributed by atoms with van der Waals surface area (Å²) in [4.78, 5) is 22.7. The number of nitrogen functional groups attached to an aromatic ring is 1. The average molecular weight is 520 g/mol. The zero-order chi connectivity index (χ0) is 27.8. The summed E-state index contributed by atoms with van der Waals surface area (Å²) in [5.41, 5.74) is 9.77. The number of hydrogen-bond acceptors (Lipinski definition) is 6. The van der Waals surface area contributed by atoms with E-state index in [0.29, 0.717) is 42.4 Å². The predicted molar refractivity (Wildman–Crippen MR) is 150 cm³/mol. The fourth-order valence-corrected chi connectivity index (χ4v) is 4.62. The van der Waals surface area contributed by atoms with Gasteiger partial charge in [0.15, 0.2) is 5.82 Å². The quantitative estimate of drug-likeness (QED) is 0.284. The number of hydrogen-bond donors (Lipinski definition) is 3. The van der Waals surface area contributed by atoms with Crippen LogP contribution in [-0.4, -0.2) is 53.5 Å². The molecule has 38 heavy (non-hydrogen) atoms. The number of nitrogens with zero attached hydrogens (tertiary/aromatic N) is 4. The number of rotatable bonds is 8. The number of carboxylic acid groups (broad SMARTS) is 1. The van der Waals surface area contributed by atoms with E-state index in [1.54, 1.807) is 13.8 Å². The molecule has 0 aliphatic heterocycles. The van der Waals surface area contributed by atoms with Crippen LogP contribution in [0.4, 0.5) is 10.6 Å². The SMILES string of the molecule is CCOCc1nc2c(N)nc3cc(-c4cccc(CN(C(=O)O)C(C)(C)C)c4)ccc3c2n1CC(C)(C)O. The topological polar surface area (TPSA) is 127 Å². The van der Waals surface area contributed by atoms with Crippen molar-refractivity contribution in [2.45, 2.75) is 72.4 Å². The van der Waals surface area contributed by atoms with Crippen molar-refractivity contribution in [2.24, 2.45) is 0 Å². The van der Waals surface area contributed by atoms with Crippen LogP contribution in [0.15, 0.2) is 42.5 Å². The van der Waals surface area contributed by atoms with E-state index in [1.807, 2.05) is 74.7 Å². The van der Waals surface area contributed by atoms with Gasteiger partial charge in [0.1, 0.15) is 17.9 Å². The van der Waals surface area contributed by atoms with Gasteiger partial charge in [-0.2, -0.15) is 0 Å². The van der Waals surface area contributed by atoms with E-state index >= 15 is 0 Å². The molecule has 0 saturated heterocycles. The second-order valence-corrected chi connectivity index (χ2v) is 11.2. The lowest BCUT2D eigenvalue weighted by Gasteiger charge is -2.33. The predicted octanol–water partition coefficient (Wildman–Crippen LogP) is 5.42. The van der Waals surface area contributed by atoms with Gasteiger partial charge in [0.25, 0.3) is 0 Å². The summed E-state index contributed by atoms with van der Waals surface area (Å²) in [6.07, 6.45) is -0.955. The van der Waals surface area contributed by atoms with Crippen LogP contribution in [0.25, 0.3) is 33.1 Å². The largest absolute Gasteiger partial charge is 0.465 e. The third-order valence-electron chi connectivity index (χ3n) is 6.41. The smallest absolute Gasteiger partial charge is 0.408 e. The molecule has 0 saturated carbocycles. The lowest BCUT2D eigenvalue weighted by Crippen LogP contribution is -2.44. The first-order chi connectivity index (χ1) is 17.8. The van der Waals surface area contributed by atoms with Crippen molar-refractivity contribution in [1.29, 1.82) is 0 Å². The second-order valence-electron chi connectivity index (χ2n) is 11.2. The van der Waals surface area contributed by atoms with Crippen LogP contribution in [0.1, 0.15) is 52.9 Å². The van der Waals surface area contributed by atoms with Gasteiger partial charge >= 0.3 is 6.09 Å². The first-order valence-electron chi connectivity index (χ1n) is 12.8. The van der Waals surface area contributed by atoms with E-state index in [1.165, 1.54) is 4.90 Å². The molecule has 2 aromatic heterocycles. The molecule has 0 bridgehead atoms. The number of imidazole rings is 1. The average Bonchev–Trinajstić information content (AvgIpc) is 3.17. The summed E-state index contributed by atoms with van der Waals surface area (Å²) < 4.78 is 7.61. The van der Waals surface area contributed by atoms with Crippen LogP contribution in [0.3, 0.4) is 0 Å². The summed E-state index contributed by atoms with van der Waals surface area (Å²) in [7, 11) is 0. The molecule has 4 N–H and O–H groups in total. The molecule has 0 fully saturated rings. The summed E-state index contributed by atoms with van der Waals surface area (Å²) in [5, 5.41) is 21.2. The maximum atomic E-state index is 11.8. The highest BCUT2D eigenvalue weighted by molar-refractivity contribution is 6.07. The Morgan fingerprint density at radius 1 is 1.08 bits per heavy atom. The van der Waals surface area contributed by atoms with E-state index in [2.05, 4.69) is 4.98 Å². The molecule has 202 valence electrons. The Labute approximate surface area is 222 Å². The van der Waals surface area contributed by atoms with Crippen LogP contribution in [0.5, 0.6) is 0 Å². The Balaban J connectivity index is 1.81. The van der Waals surface area contributed by atoms with Crippen LogP contribution >= 0.6 is 0 Å². The van der Waals surface area contributed by atoms with Gasteiger partial charge < -0.3 is 25.3 Å². The first kappa shape index (κ1) is 27.3. The van der Waals surface area contributed by atoms with Crippen molar-refractivity contribution in [3.8, 4) is 11.1 Å². The highest BCUT2D eigenvalue weighted by atomic mass is 16.5. The van der Waals surface area contributed by atoms with Gasteiger partial charge in [-0.25, -0.2) is 14.8 Å². The van der Waals surface area contributed by atoms with E-state index in [0.717, 1.165) is 27.6 Å². The zero-order valence-corrected chi connectivity index (χ0v) is 22.9. The van der Waals surface area contributed by atoms with Crippen LogP contribution in [0.2, 0.25) is 0 Å². The minimum absolute atomic E-state index is 0.283. The Morgan fingerprint density at radius 2 is 1.79 bits per heavy atom. The fraction of sp³-hybridized carbons (Fsp3) is 0.414.